The zero-order valence-corrected chi connectivity index (χ0v) is 9.58. The third-order valence-electron chi connectivity index (χ3n) is 2.36. The number of carbonyl (C=O) groups is 1. The largest absolute Gasteiger partial charge is 0.295 e. The van der Waals surface area contributed by atoms with Crippen LogP contribution < -0.4 is 0 Å². The zero-order chi connectivity index (χ0) is 11.5. The average Bonchev–Trinajstić information content (AvgIpc) is 2.30. The van der Waals surface area contributed by atoms with Gasteiger partial charge < -0.3 is 0 Å². The van der Waals surface area contributed by atoms with Crippen molar-refractivity contribution < 1.29 is 4.79 Å². The Morgan fingerprint density at radius 1 is 1.19 bits per heavy atom. The SMILES string of the molecule is CC(=O)c1cc[c]c(-c2ccc(Cl)cc2)c1. The average molecular weight is 230 g/mol. The Morgan fingerprint density at radius 3 is 2.50 bits per heavy atom. The quantitative estimate of drug-likeness (QED) is 0.711. The molecule has 0 unspecified atom stereocenters. The first kappa shape index (κ1) is 10.9. The Kier molecular flexibility index (Phi) is 3.07. The van der Waals surface area contributed by atoms with Gasteiger partial charge in [-0.25, -0.2) is 0 Å². The molecule has 0 heterocycles. The lowest BCUT2D eigenvalue weighted by atomic mass is 10.0. The lowest BCUT2D eigenvalue weighted by molar-refractivity contribution is 0.101. The molecule has 0 spiro atoms. The van der Waals surface area contributed by atoms with Crippen molar-refractivity contribution in [3.63, 3.8) is 0 Å². The van der Waals surface area contributed by atoms with Gasteiger partial charge in [0, 0.05) is 10.6 Å². The van der Waals surface area contributed by atoms with Gasteiger partial charge in [0.25, 0.3) is 0 Å². The van der Waals surface area contributed by atoms with Gasteiger partial charge in [0.1, 0.15) is 0 Å². The molecular formula is C14H10ClO. The normalized spacial score (nSPS) is 10.1. The Morgan fingerprint density at radius 2 is 1.88 bits per heavy atom. The molecule has 0 amide bonds. The smallest absolute Gasteiger partial charge is 0.159 e. The minimum absolute atomic E-state index is 0.0595. The first-order valence-corrected chi connectivity index (χ1v) is 5.33. The summed E-state index contributed by atoms with van der Waals surface area (Å²) < 4.78 is 0. The number of rotatable bonds is 2. The van der Waals surface area contributed by atoms with E-state index in [1.807, 2.05) is 30.3 Å². The summed E-state index contributed by atoms with van der Waals surface area (Å²) in [6.07, 6.45) is 0. The van der Waals surface area contributed by atoms with Crippen molar-refractivity contribution in [2.45, 2.75) is 6.92 Å². The van der Waals surface area contributed by atoms with E-state index in [-0.39, 0.29) is 5.78 Å². The van der Waals surface area contributed by atoms with Crippen LogP contribution in [0.5, 0.6) is 0 Å². The fourth-order valence-corrected chi connectivity index (χ4v) is 1.61. The Bertz CT molecular complexity index is 515. The van der Waals surface area contributed by atoms with E-state index in [1.165, 1.54) is 0 Å². The highest BCUT2D eigenvalue weighted by molar-refractivity contribution is 6.30. The van der Waals surface area contributed by atoms with Crippen molar-refractivity contribution in [1.29, 1.82) is 0 Å². The van der Waals surface area contributed by atoms with Crippen LogP contribution in [0.4, 0.5) is 0 Å². The number of ketones is 1. The van der Waals surface area contributed by atoms with E-state index in [0.717, 1.165) is 11.1 Å². The number of Topliss-reactive ketones (excluding diaryl/α,β-unsaturated/α-hetero) is 1. The zero-order valence-electron chi connectivity index (χ0n) is 8.83. The molecule has 0 aliphatic heterocycles. The van der Waals surface area contributed by atoms with E-state index in [2.05, 4.69) is 6.07 Å². The van der Waals surface area contributed by atoms with Gasteiger partial charge in [-0.05, 0) is 42.3 Å². The van der Waals surface area contributed by atoms with E-state index in [1.54, 1.807) is 19.1 Å². The maximum Gasteiger partial charge on any atom is 0.159 e. The van der Waals surface area contributed by atoms with E-state index in [0.29, 0.717) is 10.6 Å². The summed E-state index contributed by atoms with van der Waals surface area (Å²) in [5.41, 5.74) is 2.61. The molecule has 16 heavy (non-hydrogen) atoms. The van der Waals surface area contributed by atoms with E-state index in [4.69, 9.17) is 11.6 Å². The Hall–Kier alpha value is -1.60. The number of benzene rings is 2. The molecule has 2 rings (SSSR count). The van der Waals surface area contributed by atoms with Gasteiger partial charge >= 0.3 is 0 Å². The molecule has 0 fully saturated rings. The van der Waals surface area contributed by atoms with Crippen molar-refractivity contribution in [3.05, 3.63) is 59.1 Å². The predicted octanol–water partition coefficient (Wildman–Crippen LogP) is 4.01. The van der Waals surface area contributed by atoms with Gasteiger partial charge in [-0.1, -0.05) is 35.9 Å². The molecule has 0 bridgehead atoms. The maximum absolute atomic E-state index is 11.2. The van der Waals surface area contributed by atoms with E-state index in [9.17, 15) is 4.79 Å². The summed E-state index contributed by atoms with van der Waals surface area (Å²) >= 11 is 5.82. The molecule has 2 aromatic carbocycles. The highest BCUT2D eigenvalue weighted by atomic mass is 35.5. The van der Waals surface area contributed by atoms with Gasteiger partial charge in [0.15, 0.2) is 5.78 Å². The second kappa shape index (κ2) is 4.50. The molecule has 1 radical (unpaired) electrons. The van der Waals surface area contributed by atoms with E-state index < -0.39 is 0 Å². The van der Waals surface area contributed by atoms with Crippen LogP contribution in [-0.2, 0) is 0 Å². The van der Waals surface area contributed by atoms with Crippen LogP contribution in [0.15, 0.2) is 42.5 Å². The van der Waals surface area contributed by atoms with Crippen LogP contribution in [0.1, 0.15) is 17.3 Å². The van der Waals surface area contributed by atoms with Crippen LogP contribution >= 0.6 is 11.6 Å². The Balaban J connectivity index is 2.44. The fraction of sp³-hybridized carbons (Fsp3) is 0.0714. The lowest BCUT2D eigenvalue weighted by Crippen LogP contribution is -1.91. The molecule has 0 atom stereocenters. The second-order valence-electron chi connectivity index (χ2n) is 3.55. The second-order valence-corrected chi connectivity index (χ2v) is 3.99. The van der Waals surface area contributed by atoms with Crippen molar-refractivity contribution in [1.82, 2.24) is 0 Å². The Labute approximate surface area is 99.7 Å². The first-order valence-electron chi connectivity index (χ1n) is 4.95. The number of carbonyl (C=O) groups excluding carboxylic acids is 1. The highest BCUT2D eigenvalue weighted by Gasteiger charge is 2.02. The molecule has 0 aliphatic carbocycles. The molecule has 0 saturated heterocycles. The minimum atomic E-state index is 0.0595. The van der Waals surface area contributed by atoms with Crippen LogP contribution in [0.3, 0.4) is 0 Å². The van der Waals surface area contributed by atoms with Gasteiger partial charge in [-0.15, -0.1) is 0 Å². The summed E-state index contributed by atoms with van der Waals surface area (Å²) in [7, 11) is 0. The van der Waals surface area contributed by atoms with Gasteiger partial charge in [-0.2, -0.15) is 0 Å². The molecule has 2 heteroatoms. The summed E-state index contributed by atoms with van der Waals surface area (Å²) in [6, 6.07) is 16.0. The summed E-state index contributed by atoms with van der Waals surface area (Å²) in [4.78, 5) is 11.2. The molecule has 2 aromatic rings. The molecule has 1 nitrogen and oxygen atoms in total. The first-order chi connectivity index (χ1) is 7.66. The molecule has 0 N–H and O–H groups in total. The summed E-state index contributed by atoms with van der Waals surface area (Å²) in [5.74, 6) is 0.0595. The van der Waals surface area contributed by atoms with Crippen LogP contribution in [0.2, 0.25) is 5.02 Å². The topological polar surface area (TPSA) is 17.1 Å². The third kappa shape index (κ3) is 2.31. The van der Waals surface area contributed by atoms with Crippen LogP contribution in [-0.4, -0.2) is 5.78 Å². The van der Waals surface area contributed by atoms with Crippen molar-refractivity contribution in [2.24, 2.45) is 0 Å². The van der Waals surface area contributed by atoms with Gasteiger partial charge in [0.05, 0.1) is 0 Å². The molecule has 0 aliphatic rings. The molecule has 0 aromatic heterocycles. The van der Waals surface area contributed by atoms with Gasteiger partial charge in [0.2, 0.25) is 0 Å². The van der Waals surface area contributed by atoms with E-state index >= 15 is 0 Å². The summed E-state index contributed by atoms with van der Waals surface area (Å²) in [5, 5.41) is 0.700. The predicted molar refractivity (Wildman–Crippen MR) is 65.7 cm³/mol. The molecular weight excluding hydrogens is 220 g/mol. The van der Waals surface area contributed by atoms with Crippen molar-refractivity contribution >= 4 is 17.4 Å². The van der Waals surface area contributed by atoms with Crippen LogP contribution in [0, 0.1) is 6.07 Å². The number of hydrogen-bond donors (Lipinski definition) is 0. The highest BCUT2D eigenvalue weighted by Crippen LogP contribution is 2.22. The maximum atomic E-state index is 11.2. The summed E-state index contributed by atoms with van der Waals surface area (Å²) in [6.45, 7) is 1.56. The van der Waals surface area contributed by atoms with Crippen molar-refractivity contribution in [3.8, 4) is 11.1 Å². The van der Waals surface area contributed by atoms with Gasteiger partial charge in [-0.3, -0.25) is 4.79 Å². The lowest BCUT2D eigenvalue weighted by Gasteiger charge is -2.03. The standard InChI is InChI=1S/C14H10ClO/c1-10(16)12-3-2-4-13(9-12)11-5-7-14(15)8-6-11/h2-3,5-9H,1H3. The number of hydrogen-bond acceptors (Lipinski definition) is 1. The monoisotopic (exact) mass is 229 g/mol. The third-order valence-corrected chi connectivity index (χ3v) is 2.62. The minimum Gasteiger partial charge on any atom is -0.295 e. The van der Waals surface area contributed by atoms with Crippen LogP contribution in [0.25, 0.3) is 11.1 Å². The fourth-order valence-electron chi connectivity index (χ4n) is 1.48. The van der Waals surface area contributed by atoms with Crippen molar-refractivity contribution in [2.75, 3.05) is 0 Å². The molecule has 0 saturated carbocycles. The number of halogens is 1. The molecule has 79 valence electrons.